The van der Waals surface area contributed by atoms with Crippen molar-refractivity contribution in [2.24, 2.45) is 5.73 Å². The first-order valence-electron chi connectivity index (χ1n) is 7.02. The highest BCUT2D eigenvalue weighted by Gasteiger charge is 2.07. The van der Waals surface area contributed by atoms with Crippen molar-refractivity contribution in [1.29, 1.82) is 0 Å². The van der Waals surface area contributed by atoms with Crippen molar-refractivity contribution in [3.63, 3.8) is 0 Å². The van der Waals surface area contributed by atoms with Crippen LogP contribution in [0.25, 0.3) is 0 Å². The van der Waals surface area contributed by atoms with Crippen LogP contribution in [0.15, 0.2) is 29.1 Å². The fraction of sp³-hybridized carbons (Fsp3) is 0.375. The summed E-state index contributed by atoms with van der Waals surface area (Å²) < 4.78 is 5.82. The molecule has 21 heavy (non-hydrogen) atoms. The van der Waals surface area contributed by atoms with Gasteiger partial charge in [0.05, 0.1) is 12.3 Å². The molecule has 1 heterocycles. The molecule has 112 valence electrons. The molecule has 0 saturated heterocycles. The fourth-order valence-electron chi connectivity index (χ4n) is 2.16. The van der Waals surface area contributed by atoms with Crippen molar-refractivity contribution in [2.45, 2.75) is 33.2 Å². The van der Waals surface area contributed by atoms with Gasteiger partial charge in [-0.05, 0) is 31.9 Å². The van der Waals surface area contributed by atoms with Crippen LogP contribution in [-0.2, 0) is 6.42 Å². The van der Waals surface area contributed by atoms with Crippen molar-refractivity contribution in [3.05, 3.63) is 57.3 Å². The number of nitrogens with one attached hydrogen (secondary N) is 1. The Bertz CT molecular complexity index is 657. The molecule has 0 amide bonds. The Labute approximate surface area is 124 Å². The Morgan fingerprint density at radius 1 is 1.33 bits per heavy atom. The molecule has 2 aromatic rings. The number of aryl methyl sites for hydroxylation is 2. The molecule has 0 aliphatic rings. The quantitative estimate of drug-likeness (QED) is 0.881. The molecule has 0 aliphatic heterocycles. The lowest BCUT2D eigenvalue weighted by molar-refractivity contribution is 0.314. The number of H-pyrrole nitrogens is 1. The maximum absolute atomic E-state index is 11.6. The first-order chi connectivity index (χ1) is 9.97. The van der Waals surface area contributed by atoms with E-state index in [2.05, 4.69) is 9.97 Å². The molecule has 5 heteroatoms. The van der Waals surface area contributed by atoms with Crippen LogP contribution in [0, 0.1) is 13.8 Å². The fourth-order valence-corrected chi connectivity index (χ4v) is 2.16. The van der Waals surface area contributed by atoms with Gasteiger partial charge in [0.2, 0.25) is 0 Å². The van der Waals surface area contributed by atoms with Crippen LogP contribution >= 0.6 is 0 Å². The van der Waals surface area contributed by atoms with E-state index in [1.54, 1.807) is 6.92 Å². The molecule has 1 aromatic carbocycles. The van der Waals surface area contributed by atoms with Crippen LogP contribution in [0.4, 0.5) is 0 Å². The van der Waals surface area contributed by atoms with E-state index in [1.165, 1.54) is 6.07 Å². The summed E-state index contributed by atoms with van der Waals surface area (Å²) >= 11 is 0. The Morgan fingerprint density at radius 3 is 2.62 bits per heavy atom. The van der Waals surface area contributed by atoms with Gasteiger partial charge in [-0.15, -0.1) is 0 Å². The molecule has 5 nitrogen and oxygen atoms in total. The van der Waals surface area contributed by atoms with Crippen LogP contribution in [0.2, 0.25) is 0 Å². The smallest absolute Gasteiger partial charge is 0.251 e. The van der Waals surface area contributed by atoms with E-state index < -0.39 is 0 Å². The maximum Gasteiger partial charge on any atom is 0.251 e. The number of aromatic nitrogens is 2. The molecule has 0 radical (unpaired) electrons. The molecule has 0 fully saturated rings. The molecule has 1 aromatic heterocycles. The van der Waals surface area contributed by atoms with Crippen LogP contribution < -0.4 is 16.0 Å². The maximum atomic E-state index is 11.6. The largest absolute Gasteiger partial charge is 0.493 e. The van der Waals surface area contributed by atoms with Crippen LogP contribution in [0.5, 0.6) is 5.75 Å². The molecule has 0 spiro atoms. The lowest BCUT2D eigenvalue weighted by atomic mass is 10.1. The van der Waals surface area contributed by atoms with Crippen LogP contribution in [0.1, 0.15) is 35.6 Å². The van der Waals surface area contributed by atoms with Gasteiger partial charge in [-0.1, -0.05) is 18.2 Å². The number of nitrogens with zero attached hydrogens (tertiary/aromatic N) is 1. The first kappa shape index (κ1) is 15.3. The van der Waals surface area contributed by atoms with E-state index in [0.717, 1.165) is 16.9 Å². The third kappa shape index (κ3) is 3.92. The number of rotatable bonds is 5. The van der Waals surface area contributed by atoms with Crippen molar-refractivity contribution < 1.29 is 4.74 Å². The van der Waals surface area contributed by atoms with Crippen molar-refractivity contribution in [2.75, 3.05) is 6.61 Å². The van der Waals surface area contributed by atoms with E-state index in [1.807, 2.05) is 32.0 Å². The molecular formula is C16H21N3O2. The summed E-state index contributed by atoms with van der Waals surface area (Å²) in [6.07, 6.45) is 0.531. The minimum atomic E-state index is -0.259. The zero-order chi connectivity index (χ0) is 15.4. The summed E-state index contributed by atoms with van der Waals surface area (Å²) in [7, 11) is 0. The first-order valence-corrected chi connectivity index (χ1v) is 7.02. The SMILES string of the molecule is Cc1cccc(C)c1OCCc1nc(C(C)N)cc(=O)[nH]1. The number of para-hydroxylation sites is 1. The molecule has 0 saturated carbocycles. The van der Waals surface area contributed by atoms with E-state index >= 15 is 0 Å². The van der Waals surface area contributed by atoms with Gasteiger partial charge in [0.25, 0.3) is 5.56 Å². The van der Waals surface area contributed by atoms with Crippen molar-refractivity contribution in [1.82, 2.24) is 9.97 Å². The van der Waals surface area contributed by atoms with E-state index in [-0.39, 0.29) is 11.6 Å². The molecule has 3 N–H and O–H groups in total. The minimum Gasteiger partial charge on any atom is -0.493 e. The van der Waals surface area contributed by atoms with Crippen molar-refractivity contribution >= 4 is 0 Å². The van der Waals surface area contributed by atoms with Gasteiger partial charge < -0.3 is 15.5 Å². The zero-order valence-electron chi connectivity index (χ0n) is 12.6. The molecule has 1 unspecified atom stereocenters. The van der Waals surface area contributed by atoms with E-state index in [9.17, 15) is 4.79 Å². The summed E-state index contributed by atoms with van der Waals surface area (Å²) in [6, 6.07) is 7.20. The van der Waals surface area contributed by atoms with Gasteiger partial charge in [-0.3, -0.25) is 4.79 Å². The summed E-state index contributed by atoms with van der Waals surface area (Å²) in [5.41, 5.74) is 8.38. The van der Waals surface area contributed by atoms with Gasteiger partial charge in [0.15, 0.2) is 0 Å². The predicted octanol–water partition coefficient (Wildman–Crippen LogP) is 2.03. The second-order valence-electron chi connectivity index (χ2n) is 5.23. The standard InChI is InChI=1S/C16H21N3O2/c1-10-5-4-6-11(2)16(10)21-8-7-14-18-13(12(3)17)9-15(20)19-14/h4-6,9,12H,7-8,17H2,1-3H3,(H,18,19,20). The third-order valence-electron chi connectivity index (χ3n) is 3.27. The number of nitrogens with two attached hydrogens (primary N) is 1. The van der Waals surface area contributed by atoms with Crippen LogP contribution in [0.3, 0.4) is 0 Å². The number of aromatic amines is 1. The molecule has 2 rings (SSSR count). The monoisotopic (exact) mass is 287 g/mol. The van der Waals surface area contributed by atoms with E-state index in [0.29, 0.717) is 24.5 Å². The highest BCUT2D eigenvalue weighted by molar-refractivity contribution is 5.39. The summed E-state index contributed by atoms with van der Waals surface area (Å²) in [4.78, 5) is 18.6. The Kier molecular flexibility index (Phi) is 4.75. The van der Waals surface area contributed by atoms with Gasteiger partial charge in [0.1, 0.15) is 11.6 Å². The lowest BCUT2D eigenvalue weighted by Gasteiger charge is -2.12. The number of ether oxygens (including phenoxy) is 1. The van der Waals surface area contributed by atoms with E-state index in [4.69, 9.17) is 10.5 Å². The second-order valence-corrected chi connectivity index (χ2v) is 5.23. The normalized spacial score (nSPS) is 12.2. The molecule has 1 atom stereocenters. The summed E-state index contributed by atoms with van der Waals surface area (Å²) in [5, 5.41) is 0. The topological polar surface area (TPSA) is 81.0 Å². The molecule has 0 aliphatic carbocycles. The number of hydrogen-bond acceptors (Lipinski definition) is 4. The number of benzene rings is 1. The molecule has 0 bridgehead atoms. The Balaban J connectivity index is 2.05. The zero-order valence-corrected chi connectivity index (χ0v) is 12.6. The highest BCUT2D eigenvalue weighted by atomic mass is 16.5. The average Bonchev–Trinajstić information content (AvgIpc) is 2.41. The number of hydrogen-bond donors (Lipinski definition) is 2. The third-order valence-corrected chi connectivity index (χ3v) is 3.27. The van der Waals surface area contributed by atoms with Crippen LogP contribution in [-0.4, -0.2) is 16.6 Å². The molecular weight excluding hydrogens is 266 g/mol. The summed E-state index contributed by atoms with van der Waals surface area (Å²) in [5.74, 6) is 1.49. The van der Waals surface area contributed by atoms with Gasteiger partial charge in [0, 0.05) is 18.5 Å². The van der Waals surface area contributed by atoms with Gasteiger partial charge in [-0.25, -0.2) is 4.98 Å². The van der Waals surface area contributed by atoms with Crippen molar-refractivity contribution in [3.8, 4) is 5.75 Å². The highest BCUT2D eigenvalue weighted by Crippen LogP contribution is 2.22. The average molecular weight is 287 g/mol. The summed E-state index contributed by atoms with van der Waals surface area (Å²) in [6.45, 7) is 6.29. The second kappa shape index (κ2) is 6.54. The Morgan fingerprint density at radius 2 is 2.00 bits per heavy atom. The predicted molar refractivity (Wildman–Crippen MR) is 82.6 cm³/mol. The van der Waals surface area contributed by atoms with Gasteiger partial charge >= 0.3 is 0 Å². The van der Waals surface area contributed by atoms with Gasteiger partial charge in [-0.2, -0.15) is 0 Å². The Hall–Kier alpha value is -2.14. The lowest BCUT2D eigenvalue weighted by Crippen LogP contribution is -2.18. The minimum absolute atomic E-state index is 0.181.